The van der Waals surface area contributed by atoms with E-state index in [0.717, 1.165) is 32.8 Å². The van der Waals surface area contributed by atoms with Crippen LogP contribution >= 0.6 is 22.7 Å². The van der Waals surface area contributed by atoms with Crippen LogP contribution in [0.3, 0.4) is 0 Å². The number of thiophene rings is 2. The molecule has 14 rings (SSSR count). The molecule has 308 valence electrons. The lowest BCUT2D eigenvalue weighted by Gasteiger charge is -2.24. The summed E-state index contributed by atoms with van der Waals surface area (Å²) in [6.45, 7) is 0. The number of benzene rings is 10. The maximum Gasteiger partial charge on any atom is 0.235 e. The molecule has 0 saturated carbocycles. The molecule has 6 heteroatoms. The minimum absolute atomic E-state index is 0.643. The zero-order valence-electron chi connectivity index (χ0n) is 35.4. The number of hydrogen-bond acceptors (Lipinski definition) is 5. The highest BCUT2D eigenvalue weighted by molar-refractivity contribution is 7.26. The molecule has 0 N–H and O–H groups in total. The Labute approximate surface area is 387 Å². The van der Waals surface area contributed by atoms with Crippen molar-refractivity contribution >= 4 is 124 Å². The third-order valence-corrected chi connectivity index (χ3v) is 15.5. The standard InChI is InChI=1S/C60H36N4S2/c1-2-11-37(12-3-1)38-23-28-43(29-24-38)64(60-61-36-51-48-16-7-9-19-55(48)66-59(51)62-60)53-18-10-20-57-58(53)50-33-41(27-32-56(50)65-57)42-26-31-47-46-15-6-8-17-52(46)63(54(47)34-42)44-30-25-40-22-21-39-13-4-5-14-45(39)49(40)35-44/h1-36H. The Balaban J connectivity index is 0.950. The summed E-state index contributed by atoms with van der Waals surface area (Å²) in [7, 11) is 0. The Morgan fingerprint density at radius 2 is 1.06 bits per heavy atom. The number of anilines is 3. The van der Waals surface area contributed by atoms with Gasteiger partial charge >= 0.3 is 0 Å². The Morgan fingerprint density at radius 3 is 1.95 bits per heavy atom. The molecule has 0 radical (unpaired) electrons. The Hall–Kier alpha value is -8.16. The smallest absolute Gasteiger partial charge is 0.235 e. The van der Waals surface area contributed by atoms with Gasteiger partial charge in [-0.3, -0.25) is 4.90 Å². The minimum atomic E-state index is 0.643. The van der Waals surface area contributed by atoms with Crippen LogP contribution < -0.4 is 4.90 Å². The topological polar surface area (TPSA) is 34.0 Å². The third kappa shape index (κ3) is 5.82. The molecule has 0 unspecified atom stereocenters. The van der Waals surface area contributed by atoms with E-state index in [9.17, 15) is 0 Å². The van der Waals surface area contributed by atoms with E-state index in [1.807, 2.05) is 17.5 Å². The molecule has 4 aromatic heterocycles. The Kier molecular flexibility index (Phi) is 8.29. The zero-order chi connectivity index (χ0) is 43.3. The van der Waals surface area contributed by atoms with Gasteiger partial charge in [-0.2, -0.15) is 0 Å². The zero-order valence-corrected chi connectivity index (χ0v) is 37.0. The van der Waals surface area contributed by atoms with E-state index in [1.54, 1.807) is 11.3 Å². The summed E-state index contributed by atoms with van der Waals surface area (Å²) in [5, 5.41) is 12.2. The maximum absolute atomic E-state index is 5.33. The van der Waals surface area contributed by atoms with Crippen LogP contribution in [0.1, 0.15) is 0 Å². The lowest BCUT2D eigenvalue weighted by Crippen LogP contribution is -2.13. The highest BCUT2D eigenvalue weighted by Gasteiger charge is 2.23. The molecule has 10 aromatic carbocycles. The first-order valence-corrected chi connectivity index (χ1v) is 23.8. The van der Waals surface area contributed by atoms with E-state index < -0.39 is 0 Å². The second-order valence-corrected chi connectivity index (χ2v) is 19.1. The van der Waals surface area contributed by atoms with E-state index in [0.29, 0.717) is 5.95 Å². The maximum atomic E-state index is 5.33. The van der Waals surface area contributed by atoms with E-state index in [4.69, 9.17) is 9.97 Å². The molecule has 0 aliphatic heterocycles. The summed E-state index contributed by atoms with van der Waals surface area (Å²) in [6, 6.07) is 77.3. The molecule has 0 bridgehead atoms. The SMILES string of the molecule is c1ccc(-c2ccc(N(c3ncc4c(n3)sc3ccccc34)c3cccc4sc5ccc(-c6ccc7c8ccccc8n(-c8ccc9ccc%10ccccc%10c9c8)c7c6)cc5c34)cc2)cc1. The number of nitrogens with zero attached hydrogens (tertiary/aromatic N) is 4. The van der Waals surface area contributed by atoms with Crippen LogP contribution in [0.2, 0.25) is 0 Å². The number of rotatable bonds is 6. The summed E-state index contributed by atoms with van der Waals surface area (Å²) in [4.78, 5) is 13.7. The molecule has 0 spiro atoms. The Morgan fingerprint density at radius 1 is 0.394 bits per heavy atom. The van der Waals surface area contributed by atoms with Crippen molar-refractivity contribution in [2.75, 3.05) is 4.90 Å². The van der Waals surface area contributed by atoms with Crippen LogP contribution in [0.4, 0.5) is 17.3 Å². The van der Waals surface area contributed by atoms with Gasteiger partial charge in [0.2, 0.25) is 5.95 Å². The summed E-state index contributed by atoms with van der Waals surface area (Å²) >= 11 is 3.55. The van der Waals surface area contributed by atoms with Gasteiger partial charge in [-0.25, -0.2) is 9.97 Å². The average Bonchev–Trinajstić information content (AvgIpc) is 4.06. The first-order valence-electron chi connectivity index (χ1n) is 22.2. The Bertz CT molecular complexity index is 4240. The van der Waals surface area contributed by atoms with Crippen molar-refractivity contribution in [1.82, 2.24) is 14.5 Å². The van der Waals surface area contributed by atoms with Crippen LogP contribution in [0.25, 0.3) is 112 Å². The summed E-state index contributed by atoms with van der Waals surface area (Å²) in [5.41, 5.74) is 10.3. The van der Waals surface area contributed by atoms with Crippen molar-refractivity contribution in [2.45, 2.75) is 0 Å². The van der Waals surface area contributed by atoms with Crippen molar-refractivity contribution in [2.24, 2.45) is 0 Å². The monoisotopic (exact) mass is 876 g/mol. The largest absolute Gasteiger partial charge is 0.309 e. The van der Waals surface area contributed by atoms with Gasteiger partial charge in [0.1, 0.15) is 4.83 Å². The highest BCUT2D eigenvalue weighted by Crippen LogP contribution is 2.46. The number of para-hydroxylation sites is 1. The first kappa shape index (κ1) is 37.2. The molecule has 66 heavy (non-hydrogen) atoms. The van der Waals surface area contributed by atoms with Crippen LogP contribution in [0.5, 0.6) is 0 Å². The second kappa shape index (κ2) is 14.7. The van der Waals surface area contributed by atoms with Gasteiger partial charge in [0, 0.05) is 64.0 Å². The van der Waals surface area contributed by atoms with E-state index in [-0.39, 0.29) is 0 Å². The van der Waals surface area contributed by atoms with E-state index in [1.165, 1.54) is 90.3 Å². The number of fused-ring (bicyclic) bond motifs is 12. The lowest BCUT2D eigenvalue weighted by atomic mass is 10.00. The molecular weight excluding hydrogens is 841 g/mol. The quantitative estimate of drug-likeness (QED) is 0.156. The van der Waals surface area contributed by atoms with Crippen LogP contribution in [-0.4, -0.2) is 14.5 Å². The van der Waals surface area contributed by atoms with E-state index in [2.05, 4.69) is 222 Å². The van der Waals surface area contributed by atoms with Gasteiger partial charge in [0.25, 0.3) is 0 Å². The predicted molar refractivity (Wildman–Crippen MR) is 283 cm³/mol. The van der Waals surface area contributed by atoms with Crippen molar-refractivity contribution in [3.63, 3.8) is 0 Å². The van der Waals surface area contributed by atoms with Gasteiger partial charge < -0.3 is 4.57 Å². The van der Waals surface area contributed by atoms with Gasteiger partial charge in [0.15, 0.2) is 0 Å². The fourth-order valence-corrected chi connectivity index (χ4v) is 12.3. The molecule has 0 amide bonds. The minimum Gasteiger partial charge on any atom is -0.309 e. The summed E-state index contributed by atoms with van der Waals surface area (Å²) in [5.74, 6) is 0.643. The predicted octanol–water partition coefficient (Wildman–Crippen LogP) is 17.4. The normalized spacial score (nSPS) is 11.9. The fraction of sp³-hybridized carbons (Fsp3) is 0. The van der Waals surface area contributed by atoms with E-state index >= 15 is 0 Å². The van der Waals surface area contributed by atoms with Crippen molar-refractivity contribution in [3.8, 4) is 27.9 Å². The average molecular weight is 877 g/mol. The van der Waals surface area contributed by atoms with Crippen molar-refractivity contribution < 1.29 is 0 Å². The van der Waals surface area contributed by atoms with Crippen molar-refractivity contribution in [1.29, 1.82) is 0 Å². The molecule has 4 nitrogen and oxygen atoms in total. The molecule has 0 fully saturated rings. The van der Waals surface area contributed by atoms with Gasteiger partial charge in [-0.15, -0.1) is 22.7 Å². The van der Waals surface area contributed by atoms with Crippen LogP contribution in [0.15, 0.2) is 219 Å². The van der Waals surface area contributed by atoms with Crippen LogP contribution in [-0.2, 0) is 0 Å². The number of aromatic nitrogens is 3. The molecule has 0 atom stereocenters. The molecule has 0 aliphatic carbocycles. The molecule has 0 saturated heterocycles. The van der Waals surface area contributed by atoms with Crippen molar-refractivity contribution in [3.05, 3.63) is 219 Å². The first-order chi connectivity index (χ1) is 32.7. The van der Waals surface area contributed by atoms with Gasteiger partial charge in [-0.05, 0) is 111 Å². The fourth-order valence-electron chi connectivity index (χ4n) is 10.1. The van der Waals surface area contributed by atoms with Gasteiger partial charge in [-0.1, -0.05) is 146 Å². The molecular formula is C60H36N4S2. The van der Waals surface area contributed by atoms with Crippen LogP contribution in [0, 0.1) is 0 Å². The summed E-state index contributed by atoms with van der Waals surface area (Å²) in [6.07, 6.45) is 2.00. The third-order valence-electron chi connectivity index (χ3n) is 13.3. The second-order valence-electron chi connectivity index (χ2n) is 17.0. The van der Waals surface area contributed by atoms with Gasteiger partial charge in [0.05, 0.1) is 16.7 Å². The highest BCUT2D eigenvalue weighted by atomic mass is 32.1. The summed E-state index contributed by atoms with van der Waals surface area (Å²) < 4.78 is 6.11. The molecule has 14 aromatic rings. The lowest BCUT2D eigenvalue weighted by molar-refractivity contribution is 1.12. The number of hydrogen-bond donors (Lipinski definition) is 0. The molecule has 4 heterocycles. The molecule has 0 aliphatic rings.